The van der Waals surface area contributed by atoms with Crippen LogP contribution in [-0.2, 0) is 4.79 Å². The first-order chi connectivity index (χ1) is 11.0. The smallest absolute Gasteiger partial charge is 0.349 e. The summed E-state index contributed by atoms with van der Waals surface area (Å²) >= 11 is 11.8. The molecule has 0 unspecified atom stereocenters. The first kappa shape index (κ1) is 16.9. The third-order valence-electron chi connectivity index (χ3n) is 2.74. The van der Waals surface area contributed by atoms with Gasteiger partial charge in [0.1, 0.15) is 5.75 Å². The summed E-state index contributed by atoms with van der Waals surface area (Å²) in [6, 6.07) is 11.3. The molecule has 0 saturated heterocycles. The average Bonchev–Trinajstić information content (AvgIpc) is 2.55. The monoisotopic (exact) mass is 351 g/mol. The number of nitrogens with zero attached hydrogens (tertiary/aromatic N) is 1. The number of methoxy groups -OCH3 is 1. The van der Waals surface area contributed by atoms with Crippen LogP contribution in [0, 0.1) is 11.3 Å². The van der Waals surface area contributed by atoms with E-state index in [9.17, 15) is 4.79 Å². The van der Waals surface area contributed by atoms with Crippen molar-refractivity contribution < 1.29 is 19.0 Å². The largest absolute Gasteiger partial charge is 0.493 e. The molecule has 0 spiro atoms. The summed E-state index contributed by atoms with van der Waals surface area (Å²) in [5.41, 5.74) is 0.295. The Labute approximate surface area is 142 Å². The van der Waals surface area contributed by atoms with Gasteiger partial charge in [0.25, 0.3) is 0 Å². The Morgan fingerprint density at radius 2 is 1.91 bits per heavy atom. The zero-order valence-corrected chi connectivity index (χ0v) is 13.5. The van der Waals surface area contributed by atoms with E-state index < -0.39 is 5.97 Å². The summed E-state index contributed by atoms with van der Waals surface area (Å²) < 4.78 is 15.5. The van der Waals surface area contributed by atoms with Gasteiger partial charge in [0.2, 0.25) is 0 Å². The molecular formula is C16H11Cl2NO4. The maximum Gasteiger partial charge on any atom is 0.349 e. The quantitative estimate of drug-likeness (QED) is 0.604. The second-order valence-corrected chi connectivity index (χ2v) is 5.16. The van der Waals surface area contributed by atoms with Crippen LogP contribution in [-0.4, -0.2) is 19.7 Å². The fourth-order valence-electron chi connectivity index (χ4n) is 1.70. The van der Waals surface area contributed by atoms with Gasteiger partial charge in [0.05, 0.1) is 23.8 Å². The third-order valence-corrected chi connectivity index (χ3v) is 3.28. The topological polar surface area (TPSA) is 68.5 Å². The predicted octanol–water partition coefficient (Wildman–Crippen LogP) is 3.86. The summed E-state index contributed by atoms with van der Waals surface area (Å²) in [5.74, 6) is 0.0425. The van der Waals surface area contributed by atoms with E-state index in [0.29, 0.717) is 16.3 Å². The molecule has 23 heavy (non-hydrogen) atoms. The van der Waals surface area contributed by atoms with Gasteiger partial charge in [-0.25, -0.2) is 4.79 Å². The number of carbonyl (C=O) groups excluding carboxylic acids is 1. The van der Waals surface area contributed by atoms with Gasteiger partial charge in [-0.05, 0) is 30.3 Å². The summed E-state index contributed by atoms with van der Waals surface area (Å²) in [6.45, 7) is -0.318. The minimum atomic E-state index is -0.662. The molecule has 0 N–H and O–H groups in total. The molecule has 0 atom stereocenters. The van der Waals surface area contributed by atoms with E-state index in [1.54, 1.807) is 24.3 Å². The van der Waals surface area contributed by atoms with Crippen molar-refractivity contribution in [1.82, 2.24) is 0 Å². The molecular weight excluding hydrogens is 341 g/mol. The van der Waals surface area contributed by atoms with Gasteiger partial charge in [0, 0.05) is 11.1 Å². The van der Waals surface area contributed by atoms with Crippen LogP contribution in [0.25, 0.3) is 0 Å². The number of nitriles is 1. The Bertz CT molecular complexity index is 754. The van der Waals surface area contributed by atoms with Crippen LogP contribution in [0.15, 0.2) is 36.4 Å². The molecule has 2 aromatic rings. The summed E-state index contributed by atoms with van der Waals surface area (Å²) in [4.78, 5) is 11.9. The van der Waals surface area contributed by atoms with Crippen LogP contribution >= 0.6 is 23.2 Å². The van der Waals surface area contributed by atoms with Crippen molar-refractivity contribution >= 4 is 29.2 Å². The van der Waals surface area contributed by atoms with Crippen molar-refractivity contribution in [2.24, 2.45) is 0 Å². The van der Waals surface area contributed by atoms with Crippen molar-refractivity contribution in [2.45, 2.75) is 0 Å². The van der Waals surface area contributed by atoms with Gasteiger partial charge < -0.3 is 14.2 Å². The van der Waals surface area contributed by atoms with Crippen molar-refractivity contribution in [1.29, 1.82) is 5.26 Å². The van der Waals surface area contributed by atoms with E-state index in [4.69, 9.17) is 42.7 Å². The molecule has 0 aliphatic carbocycles. The van der Waals surface area contributed by atoms with E-state index >= 15 is 0 Å². The Hall–Kier alpha value is -2.42. The molecule has 0 heterocycles. The highest BCUT2D eigenvalue weighted by atomic mass is 35.5. The lowest BCUT2D eigenvalue weighted by atomic mass is 10.2. The summed E-state index contributed by atoms with van der Waals surface area (Å²) in [5, 5.41) is 9.55. The molecule has 0 fully saturated rings. The van der Waals surface area contributed by atoms with Crippen LogP contribution in [0.1, 0.15) is 5.56 Å². The second-order valence-electron chi connectivity index (χ2n) is 4.32. The van der Waals surface area contributed by atoms with Gasteiger partial charge in [0.15, 0.2) is 18.1 Å². The van der Waals surface area contributed by atoms with Gasteiger partial charge in [-0.15, -0.1) is 0 Å². The predicted molar refractivity (Wildman–Crippen MR) is 85.3 cm³/mol. The molecule has 0 aromatic heterocycles. The van der Waals surface area contributed by atoms with Crippen LogP contribution in [0.3, 0.4) is 0 Å². The molecule has 0 saturated carbocycles. The summed E-state index contributed by atoms with van der Waals surface area (Å²) in [7, 11) is 1.38. The summed E-state index contributed by atoms with van der Waals surface area (Å²) in [6.07, 6.45) is 0. The molecule has 0 aliphatic rings. The fraction of sp³-hybridized carbons (Fsp3) is 0.125. The van der Waals surface area contributed by atoms with Crippen LogP contribution in [0.5, 0.6) is 17.2 Å². The van der Waals surface area contributed by atoms with Crippen molar-refractivity contribution in [3.05, 3.63) is 52.0 Å². The minimum Gasteiger partial charge on any atom is -0.493 e. The SMILES string of the molecule is COc1cc(C#N)cc(Cl)c1OC(=O)COc1ccc(Cl)cc1. The zero-order valence-electron chi connectivity index (χ0n) is 12.0. The minimum absolute atomic E-state index is 0.0397. The standard InChI is InChI=1S/C16H11Cl2NO4/c1-21-14-7-10(8-19)6-13(18)16(14)23-15(20)9-22-12-4-2-11(17)3-5-12/h2-7H,9H2,1H3. The van der Waals surface area contributed by atoms with Gasteiger partial charge in [-0.1, -0.05) is 23.2 Å². The Balaban J connectivity index is 2.05. The number of hydrogen-bond acceptors (Lipinski definition) is 5. The van der Waals surface area contributed by atoms with E-state index in [0.717, 1.165) is 0 Å². The third kappa shape index (κ3) is 4.52. The maximum absolute atomic E-state index is 11.9. The van der Waals surface area contributed by atoms with Crippen LogP contribution in [0.2, 0.25) is 10.0 Å². The lowest BCUT2D eigenvalue weighted by molar-refractivity contribution is -0.136. The first-order valence-electron chi connectivity index (χ1n) is 6.40. The highest BCUT2D eigenvalue weighted by Gasteiger charge is 2.16. The second kappa shape index (κ2) is 7.73. The molecule has 0 amide bonds. The van der Waals surface area contributed by atoms with Crippen LogP contribution < -0.4 is 14.2 Å². The molecule has 118 valence electrons. The number of ether oxygens (including phenoxy) is 3. The highest BCUT2D eigenvalue weighted by molar-refractivity contribution is 6.32. The molecule has 0 aliphatic heterocycles. The molecule has 2 aromatic carbocycles. The molecule has 0 bridgehead atoms. The average molecular weight is 352 g/mol. The maximum atomic E-state index is 11.9. The first-order valence-corrected chi connectivity index (χ1v) is 7.15. The molecule has 7 heteroatoms. The van der Waals surface area contributed by atoms with Crippen molar-refractivity contribution in [3.8, 4) is 23.3 Å². The van der Waals surface area contributed by atoms with Gasteiger partial charge in [-0.2, -0.15) is 5.26 Å². The van der Waals surface area contributed by atoms with E-state index in [2.05, 4.69) is 0 Å². The number of halogens is 2. The van der Waals surface area contributed by atoms with Crippen molar-refractivity contribution in [2.75, 3.05) is 13.7 Å². The Morgan fingerprint density at radius 1 is 1.22 bits per heavy atom. The Kier molecular flexibility index (Phi) is 5.69. The highest BCUT2D eigenvalue weighted by Crippen LogP contribution is 2.36. The Morgan fingerprint density at radius 3 is 2.52 bits per heavy atom. The van der Waals surface area contributed by atoms with Gasteiger partial charge >= 0.3 is 5.97 Å². The lowest BCUT2D eigenvalue weighted by Gasteiger charge is -2.12. The van der Waals surface area contributed by atoms with Gasteiger partial charge in [-0.3, -0.25) is 0 Å². The molecule has 5 nitrogen and oxygen atoms in total. The van der Waals surface area contributed by atoms with E-state index in [1.165, 1.54) is 19.2 Å². The fourth-order valence-corrected chi connectivity index (χ4v) is 2.08. The van der Waals surface area contributed by atoms with E-state index in [-0.39, 0.29) is 23.1 Å². The number of benzene rings is 2. The van der Waals surface area contributed by atoms with Crippen LogP contribution in [0.4, 0.5) is 0 Å². The molecule has 2 rings (SSSR count). The number of hydrogen-bond donors (Lipinski definition) is 0. The zero-order chi connectivity index (χ0) is 16.8. The lowest BCUT2D eigenvalue weighted by Crippen LogP contribution is -2.18. The van der Waals surface area contributed by atoms with E-state index in [1.807, 2.05) is 6.07 Å². The molecule has 0 radical (unpaired) electrons. The number of rotatable bonds is 5. The number of carbonyl (C=O) groups is 1. The normalized spacial score (nSPS) is 9.83. The van der Waals surface area contributed by atoms with Crippen molar-refractivity contribution in [3.63, 3.8) is 0 Å². The number of esters is 1.